The Bertz CT molecular complexity index is 207. The summed E-state index contributed by atoms with van der Waals surface area (Å²) in [7, 11) is 0. The van der Waals surface area contributed by atoms with Gasteiger partial charge >= 0.3 is 5.97 Å². The van der Waals surface area contributed by atoms with Crippen molar-refractivity contribution in [3.8, 4) is 0 Å². The summed E-state index contributed by atoms with van der Waals surface area (Å²) in [6.07, 6.45) is 2.32. The van der Waals surface area contributed by atoms with Crippen molar-refractivity contribution in [2.24, 2.45) is 0 Å². The number of nitrogens with one attached hydrogen (secondary N) is 1. The molecule has 0 atom stereocenters. The van der Waals surface area contributed by atoms with Crippen LogP contribution in [0.4, 0.5) is 0 Å². The standard InChI is InChI=1S/C11H21NO2S/c1-11(2,3)14-10(13)8-12-9-4-6-15-7-5-9/h9,12H,4-8H2,1-3H3. The summed E-state index contributed by atoms with van der Waals surface area (Å²) in [5, 5.41) is 3.26. The Labute approximate surface area is 96.3 Å². The Morgan fingerprint density at radius 1 is 1.40 bits per heavy atom. The van der Waals surface area contributed by atoms with Gasteiger partial charge in [0.2, 0.25) is 0 Å². The molecule has 1 aliphatic rings. The van der Waals surface area contributed by atoms with Crippen LogP contribution in [0.1, 0.15) is 33.6 Å². The van der Waals surface area contributed by atoms with E-state index in [4.69, 9.17) is 4.74 Å². The van der Waals surface area contributed by atoms with Crippen LogP contribution in [0.25, 0.3) is 0 Å². The van der Waals surface area contributed by atoms with Crippen molar-refractivity contribution in [1.82, 2.24) is 5.32 Å². The van der Waals surface area contributed by atoms with Crippen molar-refractivity contribution in [2.75, 3.05) is 18.1 Å². The Balaban J connectivity index is 2.15. The average molecular weight is 231 g/mol. The number of hydrogen-bond donors (Lipinski definition) is 1. The third-order valence-corrected chi connectivity index (χ3v) is 3.23. The van der Waals surface area contributed by atoms with Crippen LogP contribution in [0, 0.1) is 0 Å². The maximum absolute atomic E-state index is 11.4. The third kappa shape index (κ3) is 6.05. The lowest BCUT2D eigenvalue weighted by Crippen LogP contribution is -2.38. The summed E-state index contributed by atoms with van der Waals surface area (Å²) >= 11 is 1.99. The van der Waals surface area contributed by atoms with Gasteiger partial charge in [-0.15, -0.1) is 0 Å². The fourth-order valence-corrected chi connectivity index (χ4v) is 2.61. The molecule has 1 aliphatic heterocycles. The summed E-state index contributed by atoms with van der Waals surface area (Å²) < 4.78 is 5.22. The highest BCUT2D eigenvalue weighted by Crippen LogP contribution is 2.16. The average Bonchev–Trinajstić information content (AvgIpc) is 2.14. The molecule has 0 aromatic heterocycles. The van der Waals surface area contributed by atoms with Crippen LogP contribution < -0.4 is 5.32 Å². The van der Waals surface area contributed by atoms with Gasteiger partial charge in [0.15, 0.2) is 0 Å². The van der Waals surface area contributed by atoms with Crippen molar-refractivity contribution in [3.63, 3.8) is 0 Å². The van der Waals surface area contributed by atoms with E-state index in [-0.39, 0.29) is 11.6 Å². The summed E-state index contributed by atoms with van der Waals surface area (Å²) in [6.45, 7) is 6.01. The zero-order chi connectivity index (χ0) is 11.3. The molecule has 0 saturated carbocycles. The van der Waals surface area contributed by atoms with E-state index in [9.17, 15) is 4.79 Å². The van der Waals surface area contributed by atoms with Crippen molar-refractivity contribution >= 4 is 17.7 Å². The van der Waals surface area contributed by atoms with E-state index in [1.54, 1.807) is 0 Å². The van der Waals surface area contributed by atoms with Crippen molar-refractivity contribution in [3.05, 3.63) is 0 Å². The molecule has 1 fully saturated rings. The Morgan fingerprint density at radius 2 is 2.00 bits per heavy atom. The second-order valence-electron chi connectivity index (χ2n) is 4.85. The zero-order valence-electron chi connectivity index (χ0n) is 9.84. The van der Waals surface area contributed by atoms with E-state index < -0.39 is 0 Å². The first kappa shape index (κ1) is 12.8. The van der Waals surface area contributed by atoms with E-state index >= 15 is 0 Å². The maximum Gasteiger partial charge on any atom is 0.320 e. The van der Waals surface area contributed by atoms with E-state index in [1.807, 2.05) is 32.5 Å². The molecule has 1 rings (SSSR count). The molecule has 1 N–H and O–H groups in total. The first-order chi connectivity index (χ1) is 6.97. The molecule has 0 spiro atoms. The molecule has 0 unspecified atom stereocenters. The van der Waals surface area contributed by atoms with E-state index in [2.05, 4.69) is 5.32 Å². The molecule has 4 heteroatoms. The van der Waals surface area contributed by atoms with Gasteiger partial charge in [-0.2, -0.15) is 11.8 Å². The molecule has 0 aliphatic carbocycles. The summed E-state index contributed by atoms with van der Waals surface area (Å²) in [5.74, 6) is 2.25. The first-order valence-corrected chi connectivity index (χ1v) is 6.66. The summed E-state index contributed by atoms with van der Waals surface area (Å²) in [6, 6.07) is 0.499. The van der Waals surface area contributed by atoms with E-state index in [1.165, 1.54) is 11.5 Å². The highest BCUT2D eigenvalue weighted by Gasteiger charge is 2.18. The van der Waals surface area contributed by atoms with Gasteiger partial charge in [0.1, 0.15) is 5.60 Å². The molecular formula is C11H21NO2S. The molecule has 0 aromatic carbocycles. The van der Waals surface area contributed by atoms with Crippen LogP contribution >= 0.6 is 11.8 Å². The van der Waals surface area contributed by atoms with Crippen LogP contribution in [0.5, 0.6) is 0 Å². The smallest absolute Gasteiger partial charge is 0.320 e. The van der Waals surface area contributed by atoms with Crippen LogP contribution in [-0.4, -0.2) is 35.7 Å². The second kappa shape index (κ2) is 5.75. The monoisotopic (exact) mass is 231 g/mol. The molecule has 88 valence electrons. The Morgan fingerprint density at radius 3 is 2.53 bits per heavy atom. The summed E-state index contributed by atoms with van der Waals surface area (Å²) in [5.41, 5.74) is -0.374. The molecule has 15 heavy (non-hydrogen) atoms. The normalized spacial score (nSPS) is 18.9. The van der Waals surface area contributed by atoms with Crippen molar-refractivity contribution in [1.29, 1.82) is 0 Å². The van der Waals surface area contributed by atoms with Gasteiger partial charge < -0.3 is 10.1 Å². The molecule has 0 bridgehead atoms. The zero-order valence-corrected chi connectivity index (χ0v) is 10.7. The highest BCUT2D eigenvalue weighted by molar-refractivity contribution is 7.99. The van der Waals surface area contributed by atoms with Crippen LogP contribution in [0.3, 0.4) is 0 Å². The quantitative estimate of drug-likeness (QED) is 0.752. The summed E-state index contributed by atoms with van der Waals surface area (Å²) in [4.78, 5) is 11.4. The minimum Gasteiger partial charge on any atom is -0.459 e. The van der Waals surface area contributed by atoms with Gasteiger partial charge in [0.25, 0.3) is 0 Å². The van der Waals surface area contributed by atoms with Gasteiger partial charge in [0, 0.05) is 6.04 Å². The first-order valence-electron chi connectivity index (χ1n) is 5.50. The number of thioether (sulfide) groups is 1. The predicted molar refractivity (Wildman–Crippen MR) is 64.2 cm³/mol. The topological polar surface area (TPSA) is 38.3 Å². The third-order valence-electron chi connectivity index (χ3n) is 2.18. The van der Waals surface area contributed by atoms with Crippen LogP contribution in [0.2, 0.25) is 0 Å². The van der Waals surface area contributed by atoms with Gasteiger partial charge in [-0.3, -0.25) is 4.79 Å². The second-order valence-corrected chi connectivity index (χ2v) is 6.08. The number of esters is 1. The van der Waals surface area contributed by atoms with E-state index in [0.717, 1.165) is 12.8 Å². The SMILES string of the molecule is CC(C)(C)OC(=O)CNC1CCSCC1. The molecule has 1 saturated heterocycles. The van der Waals surface area contributed by atoms with Gasteiger partial charge in [-0.05, 0) is 45.1 Å². The highest BCUT2D eigenvalue weighted by atomic mass is 32.2. The lowest BCUT2D eigenvalue weighted by atomic mass is 10.1. The maximum atomic E-state index is 11.4. The molecule has 0 amide bonds. The molecule has 0 radical (unpaired) electrons. The molecule has 3 nitrogen and oxygen atoms in total. The largest absolute Gasteiger partial charge is 0.459 e. The number of ether oxygens (including phenoxy) is 1. The minimum atomic E-state index is -0.374. The van der Waals surface area contributed by atoms with Crippen LogP contribution in [0.15, 0.2) is 0 Å². The van der Waals surface area contributed by atoms with Gasteiger partial charge in [-0.25, -0.2) is 0 Å². The lowest BCUT2D eigenvalue weighted by molar-refractivity contribution is -0.153. The number of carbonyl (C=O) groups is 1. The van der Waals surface area contributed by atoms with Crippen molar-refractivity contribution in [2.45, 2.75) is 45.3 Å². The van der Waals surface area contributed by atoms with Crippen molar-refractivity contribution < 1.29 is 9.53 Å². The van der Waals surface area contributed by atoms with Gasteiger partial charge in [0.05, 0.1) is 6.54 Å². The Kier molecular flexibility index (Phi) is 4.93. The number of carbonyl (C=O) groups excluding carboxylic acids is 1. The fraction of sp³-hybridized carbons (Fsp3) is 0.909. The Hall–Kier alpha value is -0.220. The number of hydrogen-bond acceptors (Lipinski definition) is 4. The fourth-order valence-electron chi connectivity index (χ4n) is 1.51. The lowest BCUT2D eigenvalue weighted by Gasteiger charge is -2.24. The van der Waals surface area contributed by atoms with Gasteiger partial charge in [-0.1, -0.05) is 0 Å². The molecule has 0 aromatic rings. The molecule has 1 heterocycles. The molecular weight excluding hydrogens is 210 g/mol. The van der Waals surface area contributed by atoms with E-state index in [0.29, 0.717) is 12.6 Å². The predicted octanol–water partition coefficient (Wildman–Crippen LogP) is 1.81. The number of rotatable bonds is 3. The van der Waals surface area contributed by atoms with Crippen LogP contribution in [-0.2, 0) is 9.53 Å². The minimum absolute atomic E-state index is 0.152.